The van der Waals surface area contributed by atoms with Crippen LogP contribution in [-0.4, -0.2) is 15.0 Å². The van der Waals surface area contributed by atoms with Crippen LogP contribution in [0.15, 0.2) is 180 Å². The van der Waals surface area contributed by atoms with Crippen LogP contribution in [0.4, 0.5) is 0 Å². The van der Waals surface area contributed by atoms with Crippen molar-refractivity contribution in [1.29, 1.82) is 0 Å². The third-order valence-corrected chi connectivity index (χ3v) is 9.69. The molecule has 8 aromatic carbocycles. The third kappa shape index (κ3) is 5.04. The third-order valence-electron chi connectivity index (χ3n) is 9.69. The molecule has 0 aliphatic heterocycles. The first-order chi connectivity index (χ1) is 25.3. The quantitative estimate of drug-likeness (QED) is 0.186. The topological polar surface area (TPSA) is 51.8 Å². The minimum absolute atomic E-state index is 0.599. The number of aromatic nitrogens is 3. The van der Waals surface area contributed by atoms with Crippen LogP contribution < -0.4 is 0 Å². The van der Waals surface area contributed by atoms with Crippen molar-refractivity contribution in [2.45, 2.75) is 0 Å². The van der Waals surface area contributed by atoms with Crippen LogP contribution in [0.2, 0.25) is 0 Å². The van der Waals surface area contributed by atoms with Crippen molar-refractivity contribution in [3.05, 3.63) is 176 Å². The Labute approximate surface area is 294 Å². The number of hydrogen-bond donors (Lipinski definition) is 0. The Kier molecular flexibility index (Phi) is 6.78. The number of para-hydroxylation sites is 1. The van der Waals surface area contributed by atoms with Gasteiger partial charge in [0.1, 0.15) is 11.2 Å². The molecule has 0 spiro atoms. The number of furan rings is 1. The number of benzene rings is 8. The van der Waals surface area contributed by atoms with Crippen molar-refractivity contribution in [2.24, 2.45) is 0 Å². The molecule has 0 atom stereocenters. The second kappa shape index (κ2) is 11.9. The monoisotopic (exact) mass is 651 g/mol. The minimum Gasteiger partial charge on any atom is -0.455 e. The lowest BCUT2D eigenvalue weighted by Gasteiger charge is -2.13. The lowest BCUT2D eigenvalue weighted by molar-refractivity contribution is 0.673. The van der Waals surface area contributed by atoms with Gasteiger partial charge in [0.2, 0.25) is 0 Å². The SMILES string of the molecule is c1ccc(-c2ccc3cc(-c4nc(-c5ccccc5)nc(-c5cc6cccc(-c7ccccc7)c6c6oc7ccccc7c56)n4)ccc3c2)cc1. The molecule has 0 saturated carbocycles. The standard InChI is InChI=1S/C47H29N3O/c1-4-13-30(14-5-1)33-23-24-35-28-37(26-25-34(35)27-33)46-48-45(32-17-8-3-9-18-32)49-47(50-46)40-29-36-19-12-21-38(31-15-6-2-7-16-31)42(36)44-43(40)39-20-10-11-22-41(39)51-44/h1-29H. The molecule has 0 bridgehead atoms. The van der Waals surface area contributed by atoms with Crippen molar-refractivity contribution in [3.63, 3.8) is 0 Å². The molecule has 2 aromatic heterocycles. The molecule has 10 aromatic rings. The summed E-state index contributed by atoms with van der Waals surface area (Å²) in [5.41, 5.74) is 9.05. The smallest absolute Gasteiger partial charge is 0.164 e. The number of hydrogen-bond acceptors (Lipinski definition) is 4. The molecule has 0 radical (unpaired) electrons. The predicted molar refractivity (Wildman–Crippen MR) is 209 cm³/mol. The molecule has 0 fully saturated rings. The predicted octanol–water partition coefficient (Wildman–Crippen LogP) is 12.4. The van der Waals surface area contributed by atoms with Gasteiger partial charge in [0.25, 0.3) is 0 Å². The van der Waals surface area contributed by atoms with E-state index in [1.165, 1.54) is 11.1 Å². The summed E-state index contributed by atoms with van der Waals surface area (Å²) in [5.74, 6) is 1.84. The van der Waals surface area contributed by atoms with Crippen LogP contribution in [0.25, 0.3) is 99.9 Å². The summed E-state index contributed by atoms with van der Waals surface area (Å²) in [7, 11) is 0. The average molecular weight is 652 g/mol. The fourth-order valence-corrected chi connectivity index (χ4v) is 7.23. The first-order valence-corrected chi connectivity index (χ1v) is 17.1. The molecule has 0 aliphatic carbocycles. The van der Waals surface area contributed by atoms with E-state index in [1.807, 2.05) is 54.6 Å². The fourth-order valence-electron chi connectivity index (χ4n) is 7.23. The van der Waals surface area contributed by atoms with Crippen molar-refractivity contribution >= 4 is 43.5 Å². The largest absolute Gasteiger partial charge is 0.455 e. The van der Waals surface area contributed by atoms with E-state index in [0.29, 0.717) is 17.5 Å². The number of fused-ring (bicyclic) bond motifs is 6. The molecule has 51 heavy (non-hydrogen) atoms. The van der Waals surface area contributed by atoms with E-state index in [-0.39, 0.29) is 0 Å². The van der Waals surface area contributed by atoms with Gasteiger partial charge in [-0.1, -0.05) is 152 Å². The van der Waals surface area contributed by atoms with Gasteiger partial charge in [-0.25, -0.2) is 15.0 Å². The second-order valence-electron chi connectivity index (χ2n) is 12.8. The molecule has 0 unspecified atom stereocenters. The van der Waals surface area contributed by atoms with E-state index >= 15 is 0 Å². The van der Waals surface area contributed by atoms with Crippen LogP contribution in [0, 0.1) is 0 Å². The number of rotatable bonds is 5. The fraction of sp³-hybridized carbons (Fsp3) is 0. The Bertz CT molecular complexity index is 2900. The maximum Gasteiger partial charge on any atom is 0.164 e. The van der Waals surface area contributed by atoms with E-state index in [4.69, 9.17) is 19.4 Å². The van der Waals surface area contributed by atoms with Gasteiger partial charge < -0.3 is 4.42 Å². The van der Waals surface area contributed by atoms with Gasteiger partial charge >= 0.3 is 0 Å². The van der Waals surface area contributed by atoms with Gasteiger partial charge in [-0.3, -0.25) is 0 Å². The zero-order valence-corrected chi connectivity index (χ0v) is 27.5. The van der Waals surface area contributed by atoms with Crippen LogP contribution in [0.5, 0.6) is 0 Å². The Hall–Kier alpha value is -6.91. The summed E-state index contributed by atoms with van der Waals surface area (Å²) in [6, 6.07) is 61.0. The molecule has 4 heteroatoms. The minimum atomic E-state index is 0.599. The van der Waals surface area contributed by atoms with Crippen molar-refractivity contribution in [3.8, 4) is 56.4 Å². The van der Waals surface area contributed by atoms with Crippen molar-refractivity contribution in [1.82, 2.24) is 15.0 Å². The van der Waals surface area contributed by atoms with E-state index in [0.717, 1.165) is 71.3 Å². The van der Waals surface area contributed by atoms with Gasteiger partial charge in [-0.05, 0) is 62.7 Å². The second-order valence-corrected chi connectivity index (χ2v) is 12.8. The van der Waals surface area contributed by atoms with E-state index in [9.17, 15) is 0 Å². The Balaban J connectivity index is 1.22. The van der Waals surface area contributed by atoms with Gasteiger partial charge in [0, 0.05) is 32.8 Å². The maximum atomic E-state index is 6.74. The number of nitrogens with zero attached hydrogens (tertiary/aromatic N) is 3. The van der Waals surface area contributed by atoms with Gasteiger partial charge in [0.15, 0.2) is 17.5 Å². The highest BCUT2D eigenvalue weighted by molar-refractivity contribution is 6.23. The molecule has 0 aliphatic rings. The molecule has 4 nitrogen and oxygen atoms in total. The molecule has 238 valence electrons. The van der Waals surface area contributed by atoms with Crippen LogP contribution in [-0.2, 0) is 0 Å². The summed E-state index contributed by atoms with van der Waals surface area (Å²) >= 11 is 0. The highest BCUT2D eigenvalue weighted by Crippen LogP contribution is 2.44. The highest BCUT2D eigenvalue weighted by Gasteiger charge is 2.22. The Morgan fingerprint density at radius 2 is 0.922 bits per heavy atom. The Morgan fingerprint density at radius 3 is 1.67 bits per heavy atom. The molecule has 0 N–H and O–H groups in total. The van der Waals surface area contributed by atoms with Crippen LogP contribution >= 0.6 is 0 Å². The van der Waals surface area contributed by atoms with Gasteiger partial charge in [-0.2, -0.15) is 0 Å². The normalized spacial score (nSPS) is 11.5. The van der Waals surface area contributed by atoms with Gasteiger partial charge in [0.05, 0.1) is 0 Å². The van der Waals surface area contributed by atoms with E-state index < -0.39 is 0 Å². The zero-order valence-electron chi connectivity index (χ0n) is 27.5. The molecular weight excluding hydrogens is 623 g/mol. The van der Waals surface area contributed by atoms with E-state index in [2.05, 4.69) is 121 Å². The highest BCUT2D eigenvalue weighted by atomic mass is 16.3. The molecule has 10 rings (SSSR count). The Morgan fingerprint density at radius 1 is 0.333 bits per heavy atom. The lowest BCUT2D eigenvalue weighted by atomic mass is 9.93. The summed E-state index contributed by atoms with van der Waals surface area (Å²) < 4.78 is 6.74. The summed E-state index contributed by atoms with van der Waals surface area (Å²) in [6.07, 6.45) is 0. The average Bonchev–Trinajstić information content (AvgIpc) is 3.60. The molecule has 2 heterocycles. The molecular formula is C47H29N3O. The molecule has 0 saturated heterocycles. The lowest BCUT2D eigenvalue weighted by Crippen LogP contribution is -2.00. The summed E-state index contributed by atoms with van der Waals surface area (Å²) in [4.78, 5) is 15.5. The van der Waals surface area contributed by atoms with Gasteiger partial charge in [-0.15, -0.1) is 0 Å². The zero-order chi connectivity index (χ0) is 33.7. The van der Waals surface area contributed by atoms with Crippen molar-refractivity contribution in [2.75, 3.05) is 0 Å². The first-order valence-electron chi connectivity index (χ1n) is 17.1. The first kappa shape index (κ1) is 29.0. The van der Waals surface area contributed by atoms with Crippen molar-refractivity contribution < 1.29 is 4.42 Å². The summed E-state index contributed by atoms with van der Waals surface area (Å²) in [6.45, 7) is 0. The summed E-state index contributed by atoms with van der Waals surface area (Å²) in [5, 5.41) is 6.42. The molecule has 0 amide bonds. The van der Waals surface area contributed by atoms with Crippen LogP contribution in [0.3, 0.4) is 0 Å². The van der Waals surface area contributed by atoms with E-state index in [1.54, 1.807) is 0 Å². The maximum absolute atomic E-state index is 6.74. The van der Waals surface area contributed by atoms with Crippen LogP contribution in [0.1, 0.15) is 0 Å².